The van der Waals surface area contributed by atoms with Gasteiger partial charge in [-0.3, -0.25) is 0 Å². The Hall–Kier alpha value is -1.43. The number of aromatic nitrogens is 2. The SMILES string of the molecule is Nc1nc(NC2(CO)CC2)ncc1F. The molecular weight excluding hydrogens is 187 g/mol. The summed E-state index contributed by atoms with van der Waals surface area (Å²) in [6, 6.07) is 0. The van der Waals surface area contributed by atoms with Crippen LogP contribution < -0.4 is 11.1 Å². The molecule has 1 aromatic rings. The Labute approximate surface area is 80.2 Å². The van der Waals surface area contributed by atoms with Gasteiger partial charge in [0, 0.05) is 0 Å². The van der Waals surface area contributed by atoms with Gasteiger partial charge in [0.15, 0.2) is 11.6 Å². The molecule has 1 saturated carbocycles. The Balaban J connectivity index is 2.14. The highest BCUT2D eigenvalue weighted by molar-refractivity contribution is 5.40. The van der Waals surface area contributed by atoms with E-state index < -0.39 is 5.82 Å². The lowest BCUT2D eigenvalue weighted by molar-refractivity contribution is 0.265. The van der Waals surface area contributed by atoms with Gasteiger partial charge in [-0.15, -0.1) is 0 Å². The zero-order chi connectivity index (χ0) is 10.2. The average molecular weight is 198 g/mol. The van der Waals surface area contributed by atoms with Gasteiger partial charge in [0.2, 0.25) is 5.95 Å². The summed E-state index contributed by atoms with van der Waals surface area (Å²) in [6.07, 6.45) is 2.74. The molecular formula is C8H11FN4O. The Morgan fingerprint density at radius 1 is 1.64 bits per heavy atom. The quantitative estimate of drug-likeness (QED) is 0.643. The molecule has 0 atom stereocenters. The van der Waals surface area contributed by atoms with Crippen LogP contribution in [0.15, 0.2) is 6.20 Å². The number of nitrogen functional groups attached to an aromatic ring is 1. The summed E-state index contributed by atoms with van der Waals surface area (Å²) in [5, 5.41) is 11.9. The highest BCUT2D eigenvalue weighted by atomic mass is 19.1. The first-order valence-electron chi connectivity index (χ1n) is 4.32. The molecule has 1 heterocycles. The van der Waals surface area contributed by atoms with Crippen LogP contribution in [-0.4, -0.2) is 27.2 Å². The van der Waals surface area contributed by atoms with Gasteiger partial charge in [0.25, 0.3) is 0 Å². The normalized spacial score (nSPS) is 17.9. The van der Waals surface area contributed by atoms with Gasteiger partial charge in [0.1, 0.15) is 0 Å². The number of nitrogens with two attached hydrogens (primary N) is 1. The molecule has 5 nitrogen and oxygen atoms in total. The van der Waals surface area contributed by atoms with Crippen LogP contribution in [-0.2, 0) is 0 Å². The number of hydrogen-bond donors (Lipinski definition) is 3. The zero-order valence-electron chi connectivity index (χ0n) is 7.50. The van der Waals surface area contributed by atoms with Gasteiger partial charge in [-0.05, 0) is 12.8 Å². The topological polar surface area (TPSA) is 84.1 Å². The van der Waals surface area contributed by atoms with Crippen LogP contribution in [0.4, 0.5) is 16.2 Å². The largest absolute Gasteiger partial charge is 0.394 e. The summed E-state index contributed by atoms with van der Waals surface area (Å²) in [7, 11) is 0. The first kappa shape index (κ1) is 9.14. The van der Waals surface area contributed by atoms with Crippen molar-refractivity contribution in [1.82, 2.24) is 9.97 Å². The van der Waals surface area contributed by atoms with Crippen LogP contribution in [0.2, 0.25) is 0 Å². The highest BCUT2D eigenvalue weighted by Gasteiger charge is 2.42. The van der Waals surface area contributed by atoms with E-state index in [1.54, 1.807) is 0 Å². The van der Waals surface area contributed by atoms with Crippen LogP contribution in [0.5, 0.6) is 0 Å². The molecule has 1 aliphatic rings. The van der Waals surface area contributed by atoms with E-state index in [4.69, 9.17) is 10.8 Å². The van der Waals surface area contributed by atoms with Crippen LogP contribution in [0.1, 0.15) is 12.8 Å². The zero-order valence-corrected chi connectivity index (χ0v) is 7.50. The van der Waals surface area contributed by atoms with Crippen molar-refractivity contribution < 1.29 is 9.50 Å². The number of hydrogen-bond acceptors (Lipinski definition) is 5. The minimum absolute atomic E-state index is 0.0215. The number of aliphatic hydroxyl groups is 1. The van der Waals surface area contributed by atoms with E-state index in [-0.39, 0.29) is 23.9 Å². The first-order chi connectivity index (χ1) is 6.65. The predicted molar refractivity (Wildman–Crippen MR) is 49.1 cm³/mol. The van der Waals surface area contributed by atoms with Crippen molar-refractivity contribution in [3.63, 3.8) is 0 Å². The molecule has 0 bridgehead atoms. The number of rotatable bonds is 3. The number of halogens is 1. The molecule has 1 aromatic heterocycles. The summed E-state index contributed by atoms with van der Waals surface area (Å²) < 4.78 is 12.7. The van der Waals surface area contributed by atoms with Gasteiger partial charge in [0.05, 0.1) is 18.3 Å². The molecule has 1 aliphatic carbocycles. The maximum absolute atomic E-state index is 12.7. The lowest BCUT2D eigenvalue weighted by Crippen LogP contribution is -2.27. The Bertz CT molecular complexity index is 353. The predicted octanol–water partition coefficient (Wildman–Crippen LogP) is 0.135. The molecule has 1 fully saturated rings. The van der Waals surface area contributed by atoms with Crippen molar-refractivity contribution in [2.75, 3.05) is 17.7 Å². The minimum Gasteiger partial charge on any atom is -0.394 e. The van der Waals surface area contributed by atoms with Crippen molar-refractivity contribution in [3.8, 4) is 0 Å². The second-order valence-electron chi connectivity index (χ2n) is 3.49. The Kier molecular flexibility index (Phi) is 1.99. The standard InChI is InChI=1S/C8H11FN4O/c9-5-3-11-7(12-6(5)10)13-8(4-14)1-2-8/h3,14H,1-2,4H2,(H3,10,11,12,13). The Morgan fingerprint density at radius 2 is 2.36 bits per heavy atom. The van der Waals surface area contributed by atoms with E-state index in [0.717, 1.165) is 19.0 Å². The maximum Gasteiger partial charge on any atom is 0.225 e. The van der Waals surface area contributed by atoms with E-state index in [1.807, 2.05) is 0 Å². The molecule has 4 N–H and O–H groups in total. The fourth-order valence-corrected chi connectivity index (χ4v) is 1.15. The summed E-state index contributed by atoms with van der Waals surface area (Å²) in [6.45, 7) is 0.0215. The number of aliphatic hydroxyl groups excluding tert-OH is 1. The van der Waals surface area contributed by atoms with E-state index in [0.29, 0.717) is 0 Å². The second-order valence-corrected chi connectivity index (χ2v) is 3.49. The van der Waals surface area contributed by atoms with Gasteiger partial charge < -0.3 is 16.2 Å². The van der Waals surface area contributed by atoms with Crippen molar-refractivity contribution in [1.29, 1.82) is 0 Å². The maximum atomic E-state index is 12.7. The van der Waals surface area contributed by atoms with Gasteiger partial charge >= 0.3 is 0 Å². The van der Waals surface area contributed by atoms with Gasteiger partial charge in [-0.25, -0.2) is 9.37 Å². The third-order valence-electron chi connectivity index (χ3n) is 2.30. The van der Waals surface area contributed by atoms with Gasteiger partial charge in [-0.1, -0.05) is 0 Å². The fourth-order valence-electron chi connectivity index (χ4n) is 1.15. The van der Waals surface area contributed by atoms with E-state index in [1.165, 1.54) is 0 Å². The summed E-state index contributed by atoms with van der Waals surface area (Å²) in [5.74, 6) is -0.559. The van der Waals surface area contributed by atoms with Crippen LogP contribution in [0.25, 0.3) is 0 Å². The molecule has 76 valence electrons. The summed E-state index contributed by atoms with van der Waals surface area (Å²) >= 11 is 0. The molecule has 6 heteroatoms. The first-order valence-corrected chi connectivity index (χ1v) is 4.32. The molecule has 0 radical (unpaired) electrons. The molecule has 0 amide bonds. The third kappa shape index (κ3) is 1.60. The molecule has 0 spiro atoms. The van der Waals surface area contributed by atoms with E-state index in [2.05, 4.69) is 15.3 Å². The lowest BCUT2D eigenvalue weighted by Gasteiger charge is -2.13. The van der Waals surface area contributed by atoms with Crippen molar-refractivity contribution in [2.24, 2.45) is 0 Å². The average Bonchev–Trinajstić information content (AvgIpc) is 2.93. The van der Waals surface area contributed by atoms with E-state index >= 15 is 0 Å². The molecule has 0 aliphatic heterocycles. The van der Waals surface area contributed by atoms with Crippen LogP contribution in [0.3, 0.4) is 0 Å². The highest BCUT2D eigenvalue weighted by Crippen LogP contribution is 2.37. The summed E-state index contributed by atoms with van der Waals surface area (Å²) in [5.41, 5.74) is 4.96. The van der Waals surface area contributed by atoms with Crippen LogP contribution in [0, 0.1) is 5.82 Å². The number of nitrogens with one attached hydrogen (secondary N) is 1. The number of nitrogens with zero attached hydrogens (tertiary/aromatic N) is 2. The summed E-state index contributed by atoms with van der Waals surface area (Å²) in [4.78, 5) is 7.44. The van der Waals surface area contributed by atoms with Crippen LogP contribution >= 0.6 is 0 Å². The second kappa shape index (κ2) is 3.06. The molecule has 2 rings (SSSR count). The Morgan fingerprint density at radius 3 is 2.86 bits per heavy atom. The van der Waals surface area contributed by atoms with Gasteiger partial charge in [-0.2, -0.15) is 4.98 Å². The van der Waals surface area contributed by atoms with Crippen molar-refractivity contribution in [2.45, 2.75) is 18.4 Å². The molecule has 0 aromatic carbocycles. The minimum atomic E-state index is -0.635. The van der Waals surface area contributed by atoms with Crippen molar-refractivity contribution in [3.05, 3.63) is 12.0 Å². The smallest absolute Gasteiger partial charge is 0.225 e. The fraction of sp³-hybridized carbons (Fsp3) is 0.500. The number of anilines is 2. The van der Waals surface area contributed by atoms with E-state index in [9.17, 15) is 4.39 Å². The monoisotopic (exact) mass is 198 g/mol. The molecule has 0 saturated heterocycles. The lowest BCUT2D eigenvalue weighted by atomic mass is 10.3. The molecule has 14 heavy (non-hydrogen) atoms. The third-order valence-corrected chi connectivity index (χ3v) is 2.30. The van der Waals surface area contributed by atoms with Crippen molar-refractivity contribution >= 4 is 11.8 Å². The molecule has 0 unspecified atom stereocenters.